The molecule has 11 heavy (non-hydrogen) atoms. The first-order valence-corrected chi connectivity index (χ1v) is 4.13. The largest absolute Gasteiger partial charge is 0.350 e. The lowest BCUT2D eigenvalue weighted by Crippen LogP contribution is -2.34. The van der Waals surface area contributed by atoms with Crippen LogP contribution in [0.4, 0.5) is 0 Å². The summed E-state index contributed by atoms with van der Waals surface area (Å²) in [4.78, 5) is 14.8. The molecule has 0 saturated carbocycles. The van der Waals surface area contributed by atoms with Gasteiger partial charge in [0.15, 0.2) is 5.11 Å². The number of likely N-dealkylation sites (N-methyl/N-ethyl adjacent to an activating group) is 1. The molecule has 4 heteroatoms. The standard InChI is InChI=1S/C7H12N2OS/c1-3-6(10)9-5-4-8(2)7(9)11/h3-5H2,1-2H3. The van der Waals surface area contributed by atoms with E-state index in [9.17, 15) is 4.79 Å². The fourth-order valence-electron chi connectivity index (χ4n) is 1.07. The van der Waals surface area contributed by atoms with E-state index in [1.54, 1.807) is 4.90 Å². The van der Waals surface area contributed by atoms with E-state index in [1.807, 2.05) is 18.9 Å². The lowest BCUT2D eigenvalue weighted by molar-refractivity contribution is -0.126. The molecule has 1 fully saturated rings. The summed E-state index contributed by atoms with van der Waals surface area (Å²) < 4.78 is 0. The predicted molar refractivity (Wildman–Crippen MR) is 47.2 cm³/mol. The SMILES string of the molecule is CCC(=O)N1CCN(C)C1=S. The van der Waals surface area contributed by atoms with Crippen molar-refractivity contribution >= 4 is 23.2 Å². The Bertz CT molecular complexity index is 193. The van der Waals surface area contributed by atoms with Crippen molar-refractivity contribution in [3.63, 3.8) is 0 Å². The van der Waals surface area contributed by atoms with E-state index in [4.69, 9.17) is 12.2 Å². The Morgan fingerprint density at radius 1 is 1.64 bits per heavy atom. The van der Waals surface area contributed by atoms with Gasteiger partial charge in [-0.2, -0.15) is 0 Å². The summed E-state index contributed by atoms with van der Waals surface area (Å²) >= 11 is 5.04. The number of rotatable bonds is 1. The second kappa shape index (κ2) is 3.17. The topological polar surface area (TPSA) is 23.6 Å². The van der Waals surface area contributed by atoms with Crippen molar-refractivity contribution < 1.29 is 4.79 Å². The number of amides is 1. The number of carbonyl (C=O) groups is 1. The molecule has 1 aliphatic heterocycles. The van der Waals surface area contributed by atoms with Crippen LogP contribution in [0.1, 0.15) is 13.3 Å². The average Bonchev–Trinajstić information content (AvgIpc) is 2.32. The van der Waals surface area contributed by atoms with Crippen LogP contribution in [0, 0.1) is 0 Å². The molecule has 1 amide bonds. The minimum absolute atomic E-state index is 0.124. The first-order valence-electron chi connectivity index (χ1n) is 3.72. The van der Waals surface area contributed by atoms with Crippen LogP contribution in [0.2, 0.25) is 0 Å². The zero-order valence-electron chi connectivity index (χ0n) is 6.83. The van der Waals surface area contributed by atoms with Crippen molar-refractivity contribution in [3.05, 3.63) is 0 Å². The molecule has 0 N–H and O–H groups in total. The summed E-state index contributed by atoms with van der Waals surface area (Å²) in [6, 6.07) is 0. The van der Waals surface area contributed by atoms with Crippen molar-refractivity contribution in [2.45, 2.75) is 13.3 Å². The van der Waals surface area contributed by atoms with Gasteiger partial charge in [0.1, 0.15) is 0 Å². The Morgan fingerprint density at radius 2 is 2.27 bits per heavy atom. The number of hydrogen-bond donors (Lipinski definition) is 0. The van der Waals surface area contributed by atoms with E-state index < -0.39 is 0 Å². The van der Waals surface area contributed by atoms with Crippen LogP contribution < -0.4 is 0 Å². The van der Waals surface area contributed by atoms with Crippen LogP contribution >= 0.6 is 12.2 Å². The summed E-state index contributed by atoms with van der Waals surface area (Å²) in [5.41, 5.74) is 0. The molecule has 0 aromatic carbocycles. The normalized spacial score (nSPS) is 17.8. The molecule has 0 aliphatic carbocycles. The van der Waals surface area contributed by atoms with E-state index in [2.05, 4.69) is 0 Å². The maximum absolute atomic E-state index is 11.2. The molecule has 62 valence electrons. The van der Waals surface area contributed by atoms with Gasteiger partial charge in [0, 0.05) is 26.6 Å². The van der Waals surface area contributed by atoms with Crippen LogP contribution in [-0.4, -0.2) is 41.0 Å². The Balaban J connectivity index is 2.62. The van der Waals surface area contributed by atoms with Gasteiger partial charge in [0.2, 0.25) is 5.91 Å². The third kappa shape index (κ3) is 1.50. The van der Waals surface area contributed by atoms with Crippen LogP contribution in [0.25, 0.3) is 0 Å². The van der Waals surface area contributed by atoms with Gasteiger partial charge in [-0.1, -0.05) is 6.92 Å². The van der Waals surface area contributed by atoms with Gasteiger partial charge < -0.3 is 4.90 Å². The molecule has 0 spiro atoms. The van der Waals surface area contributed by atoms with E-state index >= 15 is 0 Å². The van der Waals surface area contributed by atoms with Gasteiger partial charge in [-0.15, -0.1) is 0 Å². The van der Waals surface area contributed by atoms with Crippen LogP contribution in [0.15, 0.2) is 0 Å². The van der Waals surface area contributed by atoms with Gasteiger partial charge in [0.05, 0.1) is 0 Å². The molecule has 0 unspecified atom stereocenters. The number of nitrogens with zero attached hydrogens (tertiary/aromatic N) is 2. The Kier molecular flexibility index (Phi) is 2.44. The van der Waals surface area contributed by atoms with Crippen LogP contribution in [0.5, 0.6) is 0 Å². The summed E-state index contributed by atoms with van der Waals surface area (Å²) in [6.07, 6.45) is 0.536. The lowest BCUT2D eigenvalue weighted by atomic mass is 10.4. The smallest absolute Gasteiger partial charge is 0.228 e. The molecular weight excluding hydrogens is 160 g/mol. The Hall–Kier alpha value is -0.640. The number of hydrogen-bond acceptors (Lipinski definition) is 2. The minimum Gasteiger partial charge on any atom is -0.350 e. The van der Waals surface area contributed by atoms with E-state index in [0.29, 0.717) is 11.5 Å². The fraction of sp³-hybridized carbons (Fsp3) is 0.714. The molecule has 0 aromatic rings. The third-order valence-corrected chi connectivity index (χ3v) is 2.35. The van der Waals surface area contributed by atoms with Gasteiger partial charge in [-0.3, -0.25) is 9.69 Å². The second-order valence-electron chi connectivity index (χ2n) is 2.60. The lowest BCUT2D eigenvalue weighted by Gasteiger charge is -2.15. The Morgan fingerprint density at radius 3 is 2.64 bits per heavy atom. The van der Waals surface area contributed by atoms with E-state index in [-0.39, 0.29) is 5.91 Å². The maximum atomic E-state index is 11.2. The van der Waals surface area contributed by atoms with Crippen LogP contribution in [0.3, 0.4) is 0 Å². The quantitative estimate of drug-likeness (QED) is 0.537. The molecule has 0 atom stereocenters. The molecule has 1 aliphatic rings. The predicted octanol–water partition coefficient (Wildman–Crippen LogP) is 0.455. The van der Waals surface area contributed by atoms with Crippen LogP contribution in [-0.2, 0) is 4.79 Å². The minimum atomic E-state index is 0.124. The van der Waals surface area contributed by atoms with Crippen molar-refractivity contribution in [1.82, 2.24) is 9.80 Å². The average molecular weight is 172 g/mol. The summed E-state index contributed by atoms with van der Waals surface area (Å²) in [5.74, 6) is 0.124. The number of thiocarbonyl (C=S) groups is 1. The summed E-state index contributed by atoms with van der Waals surface area (Å²) in [5, 5.41) is 0.664. The highest BCUT2D eigenvalue weighted by atomic mass is 32.1. The third-order valence-electron chi connectivity index (χ3n) is 1.82. The van der Waals surface area contributed by atoms with E-state index in [0.717, 1.165) is 13.1 Å². The van der Waals surface area contributed by atoms with Gasteiger partial charge in [-0.25, -0.2) is 0 Å². The van der Waals surface area contributed by atoms with Crippen molar-refractivity contribution in [2.75, 3.05) is 20.1 Å². The van der Waals surface area contributed by atoms with Gasteiger partial charge in [0.25, 0.3) is 0 Å². The molecular formula is C7H12N2OS. The maximum Gasteiger partial charge on any atom is 0.228 e. The molecule has 0 bridgehead atoms. The fourth-order valence-corrected chi connectivity index (χ4v) is 1.35. The molecule has 0 radical (unpaired) electrons. The monoisotopic (exact) mass is 172 g/mol. The second-order valence-corrected chi connectivity index (χ2v) is 2.97. The summed E-state index contributed by atoms with van der Waals surface area (Å²) in [7, 11) is 1.91. The highest BCUT2D eigenvalue weighted by Gasteiger charge is 2.25. The molecule has 1 saturated heterocycles. The van der Waals surface area contributed by atoms with Gasteiger partial charge >= 0.3 is 0 Å². The van der Waals surface area contributed by atoms with Crippen molar-refractivity contribution in [3.8, 4) is 0 Å². The zero-order valence-corrected chi connectivity index (χ0v) is 7.65. The Labute approximate surface area is 72.0 Å². The van der Waals surface area contributed by atoms with Gasteiger partial charge in [-0.05, 0) is 12.2 Å². The molecule has 0 aromatic heterocycles. The van der Waals surface area contributed by atoms with Crippen molar-refractivity contribution in [2.24, 2.45) is 0 Å². The first kappa shape index (κ1) is 8.46. The summed E-state index contributed by atoms with van der Waals surface area (Å²) in [6.45, 7) is 3.47. The first-order chi connectivity index (χ1) is 5.16. The zero-order chi connectivity index (χ0) is 8.43. The highest BCUT2D eigenvalue weighted by Crippen LogP contribution is 2.07. The molecule has 3 nitrogen and oxygen atoms in total. The van der Waals surface area contributed by atoms with Crippen molar-refractivity contribution in [1.29, 1.82) is 0 Å². The van der Waals surface area contributed by atoms with E-state index in [1.165, 1.54) is 0 Å². The molecule has 1 heterocycles. The highest BCUT2D eigenvalue weighted by molar-refractivity contribution is 7.80. The molecule has 1 rings (SSSR count). The number of carbonyl (C=O) groups excluding carboxylic acids is 1.